The van der Waals surface area contributed by atoms with Crippen LogP contribution in [0.3, 0.4) is 0 Å². The average Bonchev–Trinajstić information content (AvgIpc) is 2.37. The molecule has 98 valence electrons. The number of hydrogen-bond acceptors (Lipinski definition) is 1. The predicted octanol–water partition coefficient (Wildman–Crippen LogP) is 3.05. The summed E-state index contributed by atoms with van der Waals surface area (Å²) < 4.78 is 27.8. The van der Waals surface area contributed by atoms with Gasteiger partial charge in [0.1, 0.15) is 11.6 Å². The first kappa shape index (κ1) is 12.3. The van der Waals surface area contributed by atoms with Gasteiger partial charge in [-0.3, -0.25) is 0 Å². The molecule has 1 nitrogen and oxygen atoms in total. The zero-order valence-electron chi connectivity index (χ0n) is 10.5. The van der Waals surface area contributed by atoms with Crippen LogP contribution in [0.15, 0.2) is 48.5 Å². The van der Waals surface area contributed by atoms with Crippen molar-refractivity contribution in [1.82, 2.24) is 5.32 Å². The molecule has 0 atom stereocenters. The van der Waals surface area contributed by atoms with E-state index in [2.05, 4.69) is 5.32 Å². The van der Waals surface area contributed by atoms with E-state index in [0.717, 1.165) is 0 Å². The van der Waals surface area contributed by atoms with Crippen LogP contribution >= 0.6 is 0 Å². The van der Waals surface area contributed by atoms with E-state index in [0.29, 0.717) is 30.6 Å². The van der Waals surface area contributed by atoms with Gasteiger partial charge in [0.25, 0.3) is 0 Å². The molecule has 1 fully saturated rings. The SMILES string of the molecule is Fc1ccccc1CC1(c2ccccc2F)CNC1. The van der Waals surface area contributed by atoms with Crippen LogP contribution in [0, 0.1) is 11.6 Å². The largest absolute Gasteiger partial charge is 0.315 e. The van der Waals surface area contributed by atoms with Gasteiger partial charge in [-0.05, 0) is 29.7 Å². The van der Waals surface area contributed by atoms with Crippen LogP contribution in [0.2, 0.25) is 0 Å². The first-order valence-corrected chi connectivity index (χ1v) is 6.40. The van der Waals surface area contributed by atoms with Crippen molar-refractivity contribution in [3.05, 3.63) is 71.3 Å². The van der Waals surface area contributed by atoms with Gasteiger partial charge in [0, 0.05) is 18.5 Å². The van der Waals surface area contributed by atoms with Gasteiger partial charge in [0.2, 0.25) is 0 Å². The van der Waals surface area contributed by atoms with Crippen LogP contribution < -0.4 is 5.32 Å². The molecular weight excluding hydrogens is 244 g/mol. The predicted molar refractivity (Wildman–Crippen MR) is 71.1 cm³/mol. The van der Waals surface area contributed by atoms with Gasteiger partial charge in [-0.1, -0.05) is 36.4 Å². The highest BCUT2D eigenvalue weighted by atomic mass is 19.1. The number of hydrogen-bond donors (Lipinski definition) is 1. The number of nitrogens with one attached hydrogen (secondary N) is 1. The van der Waals surface area contributed by atoms with Crippen LogP contribution in [0.4, 0.5) is 8.78 Å². The van der Waals surface area contributed by atoms with Crippen LogP contribution in [0.5, 0.6) is 0 Å². The van der Waals surface area contributed by atoms with Crippen molar-refractivity contribution in [2.24, 2.45) is 0 Å². The number of benzene rings is 2. The summed E-state index contributed by atoms with van der Waals surface area (Å²) in [5.74, 6) is -0.426. The molecule has 1 heterocycles. The molecule has 0 amide bonds. The molecular formula is C16H15F2N. The second-order valence-electron chi connectivity index (χ2n) is 5.13. The van der Waals surface area contributed by atoms with Gasteiger partial charge in [-0.25, -0.2) is 8.78 Å². The molecule has 2 aromatic rings. The Bertz CT molecular complexity index is 591. The fourth-order valence-electron chi connectivity index (χ4n) is 2.74. The van der Waals surface area contributed by atoms with Crippen molar-refractivity contribution < 1.29 is 8.78 Å². The highest BCUT2D eigenvalue weighted by molar-refractivity contribution is 5.35. The Morgan fingerprint density at radius 1 is 0.895 bits per heavy atom. The van der Waals surface area contributed by atoms with Gasteiger partial charge >= 0.3 is 0 Å². The van der Waals surface area contributed by atoms with Crippen LogP contribution in [0.1, 0.15) is 11.1 Å². The van der Waals surface area contributed by atoms with Crippen molar-refractivity contribution in [3.63, 3.8) is 0 Å². The molecule has 19 heavy (non-hydrogen) atoms. The normalized spacial score (nSPS) is 16.9. The Morgan fingerprint density at radius 3 is 2.11 bits per heavy atom. The lowest BCUT2D eigenvalue weighted by Crippen LogP contribution is -2.58. The Balaban J connectivity index is 1.97. The van der Waals surface area contributed by atoms with E-state index in [1.165, 1.54) is 12.1 Å². The minimum atomic E-state index is -0.326. The Morgan fingerprint density at radius 2 is 1.53 bits per heavy atom. The Hall–Kier alpha value is -1.74. The van der Waals surface area contributed by atoms with Crippen LogP contribution in [-0.4, -0.2) is 13.1 Å². The van der Waals surface area contributed by atoms with Gasteiger partial charge in [0.15, 0.2) is 0 Å². The zero-order chi connectivity index (χ0) is 13.3. The van der Waals surface area contributed by atoms with Gasteiger partial charge < -0.3 is 5.32 Å². The Kier molecular flexibility index (Phi) is 3.07. The summed E-state index contributed by atoms with van der Waals surface area (Å²) in [5.41, 5.74) is 0.998. The van der Waals surface area contributed by atoms with Crippen molar-refractivity contribution >= 4 is 0 Å². The molecule has 2 aromatic carbocycles. The summed E-state index contributed by atoms with van der Waals surface area (Å²) in [7, 11) is 0. The minimum absolute atomic E-state index is 0.208. The third kappa shape index (κ3) is 2.15. The maximum Gasteiger partial charge on any atom is 0.127 e. The molecule has 3 heteroatoms. The third-order valence-corrected chi connectivity index (χ3v) is 3.86. The molecule has 0 radical (unpaired) electrons. The smallest absolute Gasteiger partial charge is 0.127 e. The molecule has 1 saturated heterocycles. The third-order valence-electron chi connectivity index (χ3n) is 3.86. The lowest BCUT2D eigenvalue weighted by Gasteiger charge is -2.43. The summed E-state index contributed by atoms with van der Waals surface area (Å²) in [6.07, 6.45) is 0.521. The summed E-state index contributed by atoms with van der Waals surface area (Å²) in [6, 6.07) is 13.5. The summed E-state index contributed by atoms with van der Waals surface area (Å²) in [4.78, 5) is 0. The maximum atomic E-state index is 14.0. The van der Waals surface area contributed by atoms with E-state index in [4.69, 9.17) is 0 Å². The Labute approximate surface area is 111 Å². The average molecular weight is 259 g/mol. The molecule has 0 aromatic heterocycles. The van der Waals surface area contributed by atoms with Crippen molar-refractivity contribution in [2.75, 3.05) is 13.1 Å². The van der Waals surface area contributed by atoms with E-state index in [9.17, 15) is 8.78 Å². The highest BCUT2D eigenvalue weighted by Crippen LogP contribution is 2.34. The topological polar surface area (TPSA) is 12.0 Å². The maximum absolute atomic E-state index is 14.0. The van der Waals surface area contributed by atoms with E-state index >= 15 is 0 Å². The molecule has 0 unspecified atom stereocenters. The van der Waals surface area contributed by atoms with E-state index in [1.54, 1.807) is 24.3 Å². The van der Waals surface area contributed by atoms with Crippen molar-refractivity contribution in [1.29, 1.82) is 0 Å². The molecule has 0 spiro atoms. The van der Waals surface area contributed by atoms with E-state index < -0.39 is 0 Å². The van der Waals surface area contributed by atoms with E-state index in [-0.39, 0.29) is 17.0 Å². The van der Waals surface area contributed by atoms with Gasteiger partial charge in [-0.15, -0.1) is 0 Å². The summed E-state index contributed by atoms with van der Waals surface area (Å²) >= 11 is 0. The molecule has 0 saturated carbocycles. The highest BCUT2D eigenvalue weighted by Gasteiger charge is 2.40. The lowest BCUT2D eigenvalue weighted by molar-refractivity contribution is 0.263. The lowest BCUT2D eigenvalue weighted by atomic mass is 9.70. The molecule has 0 bridgehead atoms. The van der Waals surface area contributed by atoms with Gasteiger partial charge in [0.05, 0.1) is 0 Å². The monoisotopic (exact) mass is 259 g/mol. The molecule has 1 aliphatic rings. The molecule has 0 aliphatic carbocycles. The van der Waals surface area contributed by atoms with E-state index in [1.807, 2.05) is 12.1 Å². The molecule has 1 aliphatic heterocycles. The summed E-state index contributed by atoms with van der Waals surface area (Å²) in [5, 5.41) is 3.18. The van der Waals surface area contributed by atoms with Crippen LogP contribution in [-0.2, 0) is 11.8 Å². The second-order valence-corrected chi connectivity index (χ2v) is 5.13. The van der Waals surface area contributed by atoms with Crippen molar-refractivity contribution in [2.45, 2.75) is 11.8 Å². The first-order chi connectivity index (χ1) is 9.21. The number of rotatable bonds is 3. The molecule has 1 N–H and O–H groups in total. The molecule has 3 rings (SSSR count). The fraction of sp³-hybridized carbons (Fsp3) is 0.250. The zero-order valence-corrected chi connectivity index (χ0v) is 10.5. The summed E-state index contributed by atoms with van der Waals surface area (Å²) in [6.45, 7) is 1.37. The fourth-order valence-corrected chi connectivity index (χ4v) is 2.74. The second kappa shape index (κ2) is 4.74. The standard InChI is InChI=1S/C16H15F2N/c17-14-7-3-1-5-12(14)9-16(10-19-11-16)13-6-2-4-8-15(13)18/h1-8,19H,9-11H2. The quantitative estimate of drug-likeness (QED) is 0.893. The van der Waals surface area contributed by atoms with Crippen molar-refractivity contribution in [3.8, 4) is 0 Å². The van der Waals surface area contributed by atoms with Gasteiger partial charge in [-0.2, -0.15) is 0 Å². The first-order valence-electron chi connectivity index (χ1n) is 6.40. The number of halogens is 2. The minimum Gasteiger partial charge on any atom is -0.315 e. The van der Waals surface area contributed by atoms with Crippen LogP contribution in [0.25, 0.3) is 0 Å².